The van der Waals surface area contributed by atoms with Gasteiger partial charge < -0.3 is 4.42 Å². The molecule has 0 atom stereocenters. The highest BCUT2D eigenvalue weighted by Crippen LogP contribution is 2.38. The lowest BCUT2D eigenvalue weighted by Crippen LogP contribution is -2.31. The van der Waals surface area contributed by atoms with Gasteiger partial charge in [0, 0.05) is 26.5 Å². The van der Waals surface area contributed by atoms with E-state index in [0.29, 0.717) is 5.56 Å². The second kappa shape index (κ2) is 5.93. The van der Waals surface area contributed by atoms with Crippen molar-refractivity contribution in [3.8, 4) is 11.3 Å². The third kappa shape index (κ3) is 2.45. The van der Waals surface area contributed by atoms with Crippen molar-refractivity contribution in [1.29, 1.82) is 0 Å². The molecule has 5 rings (SSSR count). The van der Waals surface area contributed by atoms with E-state index >= 15 is 0 Å². The lowest BCUT2D eigenvalue weighted by atomic mass is 9.98. The summed E-state index contributed by atoms with van der Waals surface area (Å²) in [6.45, 7) is 3.88. The van der Waals surface area contributed by atoms with Gasteiger partial charge in [0.1, 0.15) is 18.2 Å². The number of pyridine rings is 1. The van der Waals surface area contributed by atoms with Gasteiger partial charge in [0.25, 0.3) is 0 Å². The van der Waals surface area contributed by atoms with Crippen molar-refractivity contribution >= 4 is 32.7 Å². The van der Waals surface area contributed by atoms with Crippen LogP contribution in [0.4, 0.5) is 0 Å². The average Bonchev–Trinajstić information content (AvgIpc) is 3.04. The monoisotopic (exact) mass is 369 g/mol. The molecule has 138 valence electrons. The molecule has 0 bridgehead atoms. The zero-order valence-corrected chi connectivity index (χ0v) is 16.6. The molecular weight excluding hydrogens is 342 g/mol. The molecule has 0 aliphatic carbocycles. The zero-order valence-electron chi connectivity index (χ0n) is 19.6. The van der Waals surface area contributed by atoms with E-state index in [1.54, 1.807) is 6.20 Å². The Labute approximate surface area is 169 Å². The quantitative estimate of drug-likeness (QED) is 0.310. The molecule has 0 fully saturated rings. The Morgan fingerprint density at radius 2 is 1.68 bits per heavy atom. The summed E-state index contributed by atoms with van der Waals surface area (Å²) in [5, 5.41) is 4.50. The topological polar surface area (TPSA) is 17.0 Å². The van der Waals surface area contributed by atoms with E-state index in [1.807, 2.05) is 24.6 Å². The first-order valence-electron chi connectivity index (χ1n) is 11.0. The smallest absolute Gasteiger partial charge is 0.216 e. The molecule has 0 saturated heterocycles. The van der Waals surface area contributed by atoms with Gasteiger partial charge >= 0.3 is 0 Å². The first-order valence-corrected chi connectivity index (χ1v) is 9.51. The molecule has 2 heterocycles. The van der Waals surface area contributed by atoms with Gasteiger partial charge in [-0.05, 0) is 61.7 Å². The molecule has 0 N–H and O–H groups in total. The SMILES string of the molecule is [2H]C([2H])([2H])c1c[n+](C)c(-c2c(C)ccc3c2oc2cc4ccc(C)cc4cc23)cc1C. The fourth-order valence-electron chi connectivity index (χ4n) is 4.12. The van der Waals surface area contributed by atoms with Crippen LogP contribution in [-0.4, -0.2) is 0 Å². The normalized spacial score (nSPS) is 13.8. The summed E-state index contributed by atoms with van der Waals surface area (Å²) in [6.07, 6.45) is 1.72. The molecule has 5 aromatic rings. The summed E-state index contributed by atoms with van der Waals surface area (Å²) in [5.41, 5.74) is 7.06. The highest BCUT2D eigenvalue weighted by atomic mass is 16.3. The van der Waals surface area contributed by atoms with E-state index in [1.165, 1.54) is 10.9 Å². The third-order valence-corrected chi connectivity index (χ3v) is 5.70. The van der Waals surface area contributed by atoms with Crippen molar-refractivity contribution in [3.63, 3.8) is 0 Å². The highest BCUT2D eigenvalue weighted by molar-refractivity contribution is 6.13. The Bertz CT molecular complexity index is 1510. The Morgan fingerprint density at radius 3 is 2.50 bits per heavy atom. The standard InChI is InChI=1S/C26H24NO/c1-15-6-8-19-13-24-22(12-20(19)10-15)21-9-7-16(2)25(26(21)28-24)23-11-17(3)18(4)14-27(23)5/h6-14H,1-5H3/q+1/i4D3. The molecule has 0 saturated carbocycles. The summed E-state index contributed by atoms with van der Waals surface area (Å²) in [6, 6.07) is 16.9. The van der Waals surface area contributed by atoms with Crippen molar-refractivity contribution in [2.45, 2.75) is 27.6 Å². The van der Waals surface area contributed by atoms with E-state index in [4.69, 9.17) is 8.53 Å². The maximum absolute atomic E-state index is 7.82. The largest absolute Gasteiger partial charge is 0.455 e. The van der Waals surface area contributed by atoms with Gasteiger partial charge in [-0.25, -0.2) is 4.57 Å². The van der Waals surface area contributed by atoms with E-state index < -0.39 is 6.85 Å². The minimum absolute atomic E-state index is 0.370. The number of aromatic nitrogens is 1. The summed E-state index contributed by atoms with van der Waals surface area (Å²) in [5.74, 6) is 0. The maximum atomic E-state index is 7.82. The fourth-order valence-corrected chi connectivity index (χ4v) is 4.12. The van der Waals surface area contributed by atoms with E-state index in [-0.39, 0.29) is 0 Å². The molecule has 0 unspecified atom stereocenters. The predicted molar refractivity (Wildman–Crippen MR) is 117 cm³/mol. The number of benzene rings is 3. The Kier molecular flexibility index (Phi) is 2.96. The van der Waals surface area contributed by atoms with Gasteiger partial charge in [-0.1, -0.05) is 35.9 Å². The molecule has 3 aromatic carbocycles. The van der Waals surface area contributed by atoms with Crippen LogP contribution in [0.5, 0.6) is 0 Å². The van der Waals surface area contributed by atoms with Gasteiger partial charge in [-0.2, -0.15) is 0 Å². The average molecular weight is 370 g/mol. The van der Waals surface area contributed by atoms with Gasteiger partial charge in [-0.15, -0.1) is 0 Å². The van der Waals surface area contributed by atoms with Gasteiger partial charge in [0.2, 0.25) is 5.69 Å². The third-order valence-electron chi connectivity index (χ3n) is 5.70. The summed E-state index contributed by atoms with van der Waals surface area (Å²) >= 11 is 0. The lowest BCUT2D eigenvalue weighted by Gasteiger charge is -2.07. The number of nitrogens with zero attached hydrogens (tertiary/aromatic N) is 1. The number of hydrogen-bond donors (Lipinski definition) is 0. The maximum Gasteiger partial charge on any atom is 0.216 e. The first-order chi connectivity index (χ1) is 14.6. The molecular formula is C26H24NO+. The van der Waals surface area contributed by atoms with Gasteiger partial charge in [0.05, 0.1) is 5.56 Å². The van der Waals surface area contributed by atoms with Crippen molar-refractivity contribution in [2.75, 3.05) is 0 Å². The number of rotatable bonds is 1. The first kappa shape index (κ1) is 14.0. The molecule has 0 radical (unpaired) electrons. The highest BCUT2D eigenvalue weighted by Gasteiger charge is 2.21. The van der Waals surface area contributed by atoms with Crippen LogP contribution < -0.4 is 4.57 Å². The van der Waals surface area contributed by atoms with Crippen LogP contribution in [-0.2, 0) is 7.05 Å². The Morgan fingerprint density at radius 1 is 0.821 bits per heavy atom. The van der Waals surface area contributed by atoms with Crippen LogP contribution in [0, 0.1) is 27.6 Å². The van der Waals surface area contributed by atoms with Crippen molar-refractivity contribution in [1.82, 2.24) is 0 Å². The summed E-state index contributed by atoms with van der Waals surface area (Å²) < 4.78 is 31.8. The minimum atomic E-state index is -2.14. The Hall–Kier alpha value is -3.13. The molecule has 2 heteroatoms. The molecule has 0 aliphatic rings. The van der Waals surface area contributed by atoms with Crippen LogP contribution in [0.2, 0.25) is 0 Å². The second-order valence-corrected chi connectivity index (χ2v) is 7.80. The van der Waals surface area contributed by atoms with Crippen LogP contribution in [0.25, 0.3) is 44.0 Å². The fraction of sp³-hybridized carbons (Fsp3) is 0.192. The predicted octanol–water partition coefficient (Wildman–Crippen LogP) is 6.46. The van der Waals surface area contributed by atoms with E-state index in [2.05, 4.69) is 56.3 Å². The number of aryl methyl sites for hydroxylation is 5. The van der Waals surface area contributed by atoms with Crippen LogP contribution in [0.3, 0.4) is 0 Å². The van der Waals surface area contributed by atoms with Gasteiger partial charge in [-0.3, -0.25) is 0 Å². The summed E-state index contributed by atoms with van der Waals surface area (Å²) in [4.78, 5) is 0. The van der Waals surface area contributed by atoms with Crippen LogP contribution in [0.15, 0.2) is 59.1 Å². The van der Waals surface area contributed by atoms with Gasteiger partial charge in [0.15, 0.2) is 6.20 Å². The minimum Gasteiger partial charge on any atom is -0.455 e. The molecule has 28 heavy (non-hydrogen) atoms. The lowest BCUT2D eigenvalue weighted by molar-refractivity contribution is -0.660. The van der Waals surface area contributed by atoms with Crippen LogP contribution >= 0.6 is 0 Å². The molecule has 0 amide bonds. The van der Waals surface area contributed by atoms with Crippen molar-refractivity contribution < 1.29 is 13.1 Å². The van der Waals surface area contributed by atoms with E-state index in [0.717, 1.165) is 49.7 Å². The number of fused-ring (bicyclic) bond motifs is 4. The van der Waals surface area contributed by atoms with Crippen LogP contribution in [0.1, 0.15) is 26.4 Å². The molecule has 2 nitrogen and oxygen atoms in total. The molecule has 0 spiro atoms. The summed E-state index contributed by atoms with van der Waals surface area (Å²) in [7, 11) is 1.89. The molecule has 0 aliphatic heterocycles. The number of furan rings is 1. The number of hydrogen-bond acceptors (Lipinski definition) is 1. The van der Waals surface area contributed by atoms with Crippen molar-refractivity contribution in [3.05, 3.63) is 77.0 Å². The van der Waals surface area contributed by atoms with Crippen molar-refractivity contribution in [2.24, 2.45) is 7.05 Å². The Balaban J connectivity index is 1.83. The second-order valence-electron chi connectivity index (χ2n) is 7.80. The molecule has 2 aromatic heterocycles. The van der Waals surface area contributed by atoms with E-state index in [9.17, 15) is 0 Å². The zero-order chi connectivity index (χ0) is 22.1.